The molecule has 3 aromatic rings. The Hall–Kier alpha value is -3.75. The third kappa shape index (κ3) is 6.08. The zero-order valence-electron chi connectivity index (χ0n) is 20.0. The number of ketones is 1. The van der Waals surface area contributed by atoms with Gasteiger partial charge in [0.15, 0.2) is 5.78 Å². The standard InChI is InChI=1S/C28H29NO7/c30-15-16-34-17-18-35-27(32)25-22-11-10-21(29-13-5-2-6-14-29)19-24(22)36-28(33)26(25)23(31)12-9-20-7-3-1-4-8-20/h1,3-4,7-12,19,30H,2,5-6,13-18H2. The van der Waals surface area contributed by atoms with E-state index in [0.29, 0.717) is 5.39 Å². The summed E-state index contributed by atoms with van der Waals surface area (Å²) in [5.41, 5.74) is 0.482. The number of aliphatic hydroxyl groups excluding tert-OH is 1. The molecule has 0 spiro atoms. The molecule has 188 valence electrons. The SMILES string of the molecule is O=C(C=Cc1ccccc1)c1c(C(=O)OCCOCCO)c2ccc(N3CCCCC3)cc2oc1=O. The number of benzene rings is 2. The molecule has 0 atom stereocenters. The Balaban J connectivity index is 1.72. The molecule has 1 saturated heterocycles. The van der Waals surface area contributed by atoms with E-state index in [4.69, 9.17) is 19.0 Å². The first-order chi connectivity index (χ1) is 17.6. The van der Waals surface area contributed by atoms with E-state index >= 15 is 0 Å². The molecule has 1 aliphatic heterocycles. The molecule has 8 heteroatoms. The van der Waals surface area contributed by atoms with Gasteiger partial charge in [-0.2, -0.15) is 0 Å². The van der Waals surface area contributed by atoms with Crippen LogP contribution in [0.2, 0.25) is 0 Å². The lowest BCUT2D eigenvalue weighted by molar-refractivity contribution is 0.0258. The van der Waals surface area contributed by atoms with Crippen molar-refractivity contribution in [2.24, 2.45) is 0 Å². The van der Waals surface area contributed by atoms with E-state index in [0.717, 1.165) is 37.2 Å². The van der Waals surface area contributed by atoms with Crippen molar-refractivity contribution in [3.63, 3.8) is 0 Å². The van der Waals surface area contributed by atoms with Crippen LogP contribution in [-0.2, 0) is 9.47 Å². The van der Waals surface area contributed by atoms with Gasteiger partial charge in [0.2, 0.25) is 0 Å². The lowest BCUT2D eigenvalue weighted by Gasteiger charge is -2.28. The van der Waals surface area contributed by atoms with Gasteiger partial charge in [-0.1, -0.05) is 36.4 Å². The van der Waals surface area contributed by atoms with Crippen LogP contribution in [0.15, 0.2) is 63.8 Å². The van der Waals surface area contributed by atoms with Crippen LogP contribution in [0.4, 0.5) is 5.69 Å². The largest absolute Gasteiger partial charge is 0.460 e. The van der Waals surface area contributed by atoms with Crippen LogP contribution in [-0.4, -0.2) is 56.4 Å². The number of esters is 1. The summed E-state index contributed by atoms with van der Waals surface area (Å²) in [6.07, 6.45) is 6.16. The highest BCUT2D eigenvalue weighted by atomic mass is 16.6. The van der Waals surface area contributed by atoms with Gasteiger partial charge in [-0.25, -0.2) is 9.59 Å². The number of piperidine rings is 1. The van der Waals surface area contributed by atoms with Crippen LogP contribution in [0.5, 0.6) is 0 Å². The summed E-state index contributed by atoms with van der Waals surface area (Å²) in [7, 11) is 0. The van der Waals surface area contributed by atoms with Crippen molar-refractivity contribution in [1.29, 1.82) is 0 Å². The molecule has 0 aliphatic carbocycles. The topological polar surface area (TPSA) is 106 Å². The van der Waals surface area contributed by atoms with Crippen molar-refractivity contribution >= 4 is 34.5 Å². The number of aliphatic hydroxyl groups is 1. The third-order valence-electron chi connectivity index (χ3n) is 5.99. The van der Waals surface area contributed by atoms with Gasteiger partial charge < -0.3 is 23.9 Å². The van der Waals surface area contributed by atoms with E-state index in [1.807, 2.05) is 36.4 Å². The highest BCUT2D eigenvalue weighted by Crippen LogP contribution is 2.28. The number of nitrogens with zero attached hydrogens (tertiary/aromatic N) is 1. The molecule has 8 nitrogen and oxygen atoms in total. The van der Waals surface area contributed by atoms with Gasteiger partial charge >= 0.3 is 11.6 Å². The Morgan fingerprint density at radius 1 is 0.972 bits per heavy atom. The van der Waals surface area contributed by atoms with Gasteiger partial charge in [-0.15, -0.1) is 0 Å². The number of allylic oxidation sites excluding steroid dienone is 1. The molecule has 36 heavy (non-hydrogen) atoms. The maximum Gasteiger partial charge on any atom is 0.348 e. The lowest BCUT2D eigenvalue weighted by atomic mass is 10.00. The fourth-order valence-electron chi connectivity index (χ4n) is 4.23. The minimum Gasteiger partial charge on any atom is -0.460 e. The molecular formula is C28H29NO7. The van der Waals surface area contributed by atoms with Gasteiger partial charge in [-0.05, 0) is 43.0 Å². The van der Waals surface area contributed by atoms with Crippen LogP contribution in [0, 0.1) is 0 Å². The molecular weight excluding hydrogens is 462 g/mol. The number of carbonyl (C=O) groups is 2. The Bertz CT molecular complexity index is 1290. The van der Waals surface area contributed by atoms with Crippen molar-refractivity contribution in [3.8, 4) is 0 Å². The molecule has 1 fully saturated rings. The van der Waals surface area contributed by atoms with Gasteiger partial charge in [0.1, 0.15) is 17.8 Å². The van der Waals surface area contributed by atoms with E-state index < -0.39 is 17.4 Å². The first-order valence-electron chi connectivity index (χ1n) is 12.1. The number of fused-ring (bicyclic) bond motifs is 1. The molecule has 1 N–H and O–H groups in total. The van der Waals surface area contributed by atoms with E-state index in [1.165, 1.54) is 12.5 Å². The molecule has 1 aromatic heterocycles. The smallest absolute Gasteiger partial charge is 0.348 e. The fourth-order valence-corrected chi connectivity index (χ4v) is 4.23. The number of carbonyl (C=O) groups excluding carboxylic acids is 2. The highest BCUT2D eigenvalue weighted by Gasteiger charge is 2.26. The van der Waals surface area contributed by atoms with Crippen molar-refractivity contribution in [2.75, 3.05) is 44.4 Å². The first kappa shape index (κ1) is 25.3. The lowest BCUT2D eigenvalue weighted by Crippen LogP contribution is -2.29. The Morgan fingerprint density at radius 3 is 2.50 bits per heavy atom. The predicted octanol–water partition coefficient (Wildman–Crippen LogP) is 3.85. The second kappa shape index (κ2) is 12.3. The van der Waals surface area contributed by atoms with E-state index in [9.17, 15) is 14.4 Å². The monoisotopic (exact) mass is 491 g/mol. The molecule has 1 aliphatic rings. The number of rotatable bonds is 10. The van der Waals surface area contributed by atoms with Crippen LogP contribution < -0.4 is 10.5 Å². The molecule has 0 amide bonds. The van der Waals surface area contributed by atoms with E-state index in [2.05, 4.69) is 4.90 Å². The Kier molecular flexibility index (Phi) is 8.65. The van der Waals surface area contributed by atoms with Gasteiger partial charge in [0.05, 0.1) is 25.4 Å². The van der Waals surface area contributed by atoms with Crippen LogP contribution in [0.1, 0.15) is 45.5 Å². The second-order valence-electron chi connectivity index (χ2n) is 8.45. The maximum atomic E-state index is 13.1. The first-order valence-corrected chi connectivity index (χ1v) is 12.1. The molecule has 0 unspecified atom stereocenters. The normalized spacial score (nSPS) is 13.9. The molecule has 4 rings (SSSR count). The number of anilines is 1. The zero-order chi connectivity index (χ0) is 25.3. The minimum absolute atomic E-state index is 0.0714. The summed E-state index contributed by atoms with van der Waals surface area (Å²) in [6, 6.07) is 14.4. The van der Waals surface area contributed by atoms with Crippen LogP contribution >= 0.6 is 0 Å². The number of hydrogen-bond acceptors (Lipinski definition) is 8. The van der Waals surface area contributed by atoms with Crippen molar-refractivity contribution < 1.29 is 28.6 Å². The quantitative estimate of drug-likeness (QED) is 0.150. The fraction of sp³-hybridized carbons (Fsp3) is 0.321. The molecule has 2 aromatic carbocycles. The van der Waals surface area contributed by atoms with Crippen LogP contribution in [0.25, 0.3) is 17.0 Å². The van der Waals surface area contributed by atoms with Gasteiger partial charge in [-0.3, -0.25) is 4.79 Å². The molecule has 0 saturated carbocycles. The summed E-state index contributed by atoms with van der Waals surface area (Å²) < 4.78 is 16.0. The Labute approximate surface area is 208 Å². The molecule has 0 bridgehead atoms. The minimum atomic E-state index is -0.899. The van der Waals surface area contributed by atoms with Crippen molar-refractivity contribution in [3.05, 3.63) is 81.7 Å². The maximum absolute atomic E-state index is 13.1. The van der Waals surface area contributed by atoms with Gasteiger partial charge in [0, 0.05) is 30.2 Å². The molecule has 2 heterocycles. The van der Waals surface area contributed by atoms with Crippen LogP contribution in [0.3, 0.4) is 0 Å². The Morgan fingerprint density at radius 2 is 1.75 bits per heavy atom. The summed E-state index contributed by atoms with van der Waals surface area (Å²) >= 11 is 0. The predicted molar refractivity (Wildman–Crippen MR) is 137 cm³/mol. The van der Waals surface area contributed by atoms with E-state index in [1.54, 1.807) is 18.2 Å². The molecule has 0 radical (unpaired) electrons. The average Bonchev–Trinajstić information content (AvgIpc) is 2.91. The summed E-state index contributed by atoms with van der Waals surface area (Å²) in [5.74, 6) is -1.47. The average molecular weight is 492 g/mol. The summed E-state index contributed by atoms with van der Waals surface area (Å²) in [5, 5.41) is 9.15. The summed E-state index contributed by atoms with van der Waals surface area (Å²) in [4.78, 5) is 41.5. The second-order valence-corrected chi connectivity index (χ2v) is 8.45. The van der Waals surface area contributed by atoms with Gasteiger partial charge in [0.25, 0.3) is 0 Å². The zero-order valence-corrected chi connectivity index (χ0v) is 20.0. The van der Waals surface area contributed by atoms with Crippen molar-refractivity contribution in [1.82, 2.24) is 0 Å². The number of hydrogen-bond donors (Lipinski definition) is 1. The number of ether oxygens (including phenoxy) is 2. The van der Waals surface area contributed by atoms with E-state index in [-0.39, 0.29) is 43.1 Å². The summed E-state index contributed by atoms with van der Waals surface area (Å²) in [6.45, 7) is 1.74. The third-order valence-corrected chi connectivity index (χ3v) is 5.99. The van der Waals surface area contributed by atoms with Crippen molar-refractivity contribution in [2.45, 2.75) is 19.3 Å². The highest BCUT2D eigenvalue weighted by molar-refractivity contribution is 6.17.